The Labute approximate surface area is 611 Å². The van der Waals surface area contributed by atoms with Crippen LogP contribution in [0.15, 0.2) is 54.6 Å². The summed E-state index contributed by atoms with van der Waals surface area (Å²) in [6.45, 7) is 23.5. The van der Waals surface area contributed by atoms with E-state index in [1.165, 1.54) is 24.0 Å². The van der Waals surface area contributed by atoms with Crippen molar-refractivity contribution in [1.29, 1.82) is 0 Å². The molecular formula is C79H123N7O15S. The number of ether oxygens (including phenoxy) is 3. The third kappa shape index (κ3) is 26.9. The Morgan fingerprint density at radius 1 is 0.716 bits per heavy atom. The molecule has 2 aromatic rings. The number of rotatable bonds is 48. The van der Waals surface area contributed by atoms with Gasteiger partial charge in [0.1, 0.15) is 24.2 Å². The van der Waals surface area contributed by atoms with Crippen LogP contribution in [0.25, 0.3) is 0 Å². The van der Waals surface area contributed by atoms with Crippen molar-refractivity contribution in [3.05, 3.63) is 65.7 Å². The van der Waals surface area contributed by atoms with E-state index >= 15 is 4.79 Å². The monoisotopic (exact) mass is 1440 g/mol. The number of hydrogen-bond donors (Lipinski definition) is 5. The minimum atomic E-state index is -0.932. The normalized spacial score (nSPS) is 18.6. The molecule has 0 spiro atoms. The minimum Gasteiger partial charge on any atom is -0.467 e. The lowest BCUT2D eigenvalue weighted by atomic mass is 9.66. The molecule has 1 aliphatic heterocycles. The van der Waals surface area contributed by atoms with E-state index in [9.17, 15) is 52.7 Å². The Bertz CT molecular complexity index is 3050. The number of nitrogens with zero attached hydrogens (tertiary/aromatic N) is 2. The number of hydrogen-bond acceptors (Lipinski definition) is 16. The number of nitrogens with two attached hydrogens (primary N) is 1. The molecule has 4 rings (SSSR count). The van der Waals surface area contributed by atoms with Crippen LogP contribution >= 0.6 is 11.8 Å². The summed E-state index contributed by atoms with van der Waals surface area (Å²) < 4.78 is 16.9. The van der Waals surface area contributed by atoms with Crippen molar-refractivity contribution in [1.82, 2.24) is 25.8 Å². The number of esters is 1. The molecule has 6 N–H and O–H groups in total. The number of amides is 8. The van der Waals surface area contributed by atoms with Gasteiger partial charge in [0.15, 0.2) is 11.6 Å². The van der Waals surface area contributed by atoms with E-state index in [1.54, 1.807) is 50.1 Å². The third-order valence-electron chi connectivity index (χ3n) is 21.1. The number of methoxy groups -OCH3 is 2. The molecule has 0 aromatic heterocycles. The summed E-state index contributed by atoms with van der Waals surface area (Å²) in [6, 6.07) is 12.5. The lowest BCUT2D eigenvalue weighted by Crippen LogP contribution is -2.49. The van der Waals surface area contributed by atoms with Gasteiger partial charge in [-0.2, -0.15) is 0 Å². The molecule has 570 valence electrons. The van der Waals surface area contributed by atoms with Crippen molar-refractivity contribution in [2.24, 2.45) is 76.7 Å². The van der Waals surface area contributed by atoms with Crippen LogP contribution in [0, 0.1) is 71.0 Å². The SMILES string of the molecule is CCCCCSC1CC(=O)N(CCCCCC(=O)N[C@H](C(=O)CC(CCCNC(N)=O)C(=O)Nc2ccc(COC(=O)N(C)C(C(=O)CC(C(=O)C(C)C(C(C)CC)C(CC)CC(=O)C3CCCC3C(OC)C(C)C(=O)NC(Cc3ccccc3)C(=O)OC)C(C)C)C(C)C)cc2)C(C)C)C1=O. The van der Waals surface area contributed by atoms with Gasteiger partial charge in [0.25, 0.3) is 0 Å². The predicted molar refractivity (Wildman–Crippen MR) is 397 cm³/mol. The highest BCUT2D eigenvalue weighted by Crippen LogP contribution is 2.43. The van der Waals surface area contributed by atoms with Gasteiger partial charge in [0.2, 0.25) is 29.5 Å². The lowest BCUT2D eigenvalue weighted by Gasteiger charge is -2.38. The highest BCUT2D eigenvalue weighted by Gasteiger charge is 2.46. The van der Waals surface area contributed by atoms with Crippen molar-refractivity contribution < 1.29 is 71.7 Å². The molecular weight excluding hydrogens is 1320 g/mol. The maximum atomic E-state index is 15.1. The molecule has 2 aromatic carbocycles. The number of likely N-dealkylation sites (tertiary alicyclic amines) is 1. The van der Waals surface area contributed by atoms with E-state index in [0.717, 1.165) is 43.4 Å². The number of primary amides is 1. The van der Waals surface area contributed by atoms with Crippen LogP contribution in [0.5, 0.6) is 0 Å². The van der Waals surface area contributed by atoms with E-state index in [4.69, 9.17) is 19.9 Å². The molecule has 14 atom stereocenters. The largest absolute Gasteiger partial charge is 0.467 e. The fraction of sp³-hybridized carbons (Fsp3) is 0.696. The molecule has 0 bridgehead atoms. The number of thioether (sulfide) groups is 1. The van der Waals surface area contributed by atoms with Crippen molar-refractivity contribution in [2.75, 3.05) is 45.4 Å². The quantitative estimate of drug-likeness (QED) is 0.0234. The Balaban J connectivity index is 1.36. The first-order valence-electron chi connectivity index (χ1n) is 37.6. The summed E-state index contributed by atoms with van der Waals surface area (Å²) >= 11 is 1.55. The van der Waals surface area contributed by atoms with Crippen LogP contribution in [0.1, 0.15) is 210 Å². The average molecular weight is 1440 g/mol. The minimum absolute atomic E-state index is 0.0530. The zero-order valence-corrected chi connectivity index (χ0v) is 64.6. The van der Waals surface area contributed by atoms with Crippen molar-refractivity contribution in [3.63, 3.8) is 0 Å². The van der Waals surface area contributed by atoms with Crippen LogP contribution < -0.4 is 27.0 Å². The Kier molecular flexibility index (Phi) is 38.2. The zero-order valence-electron chi connectivity index (χ0n) is 63.8. The molecule has 1 aliphatic carbocycles. The summed E-state index contributed by atoms with van der Waals surface area (Å²) in [5.41, 5.74) is 7.13. The van der Waals surface area contributed by atoms with E-state index in [-0.39, 0.29) is 157 Å². The van der Waals surface area contributed by atoms with Gasteiger partial charge in [0.05, 0.1) is 36.5 Å². The first kappa shape index (κ1) is 87.4. The Morgan fingerprint density at radius 3 is 2.00 bits per heavy atom. The van der Waals surface area contributed by atoms with Gasteiger partial charge >= 0.3 is 18.1 Å². The van der Waals surface area contributed by atoms with Crippen LogP contribution in [-0.2, 0) is 75.2 Å². The second-order valence-electron chi connectivity index (χ2n) is 29.6. The van der Waals surface area contributed by atoms with Crippen molar-refractivity contribution >= 4 is 88.2 Å². The summed E-state index contributed by atoms with van der Waals surface area (Å²) in [4.78, 5) is 166. The van der Waals surface area contributed by atoms with Crippen LogP contribution in [0.4, 0.5) is 15.3 Å². The number of likely N-dealkylation sites (N-methyl/N-ethyl adjacent to an activating group) is 1. The summed E-state index contributed by atoms with van der Waals surface area (Å²) in [5, 5.41) is 10.8. The fourth-order valence-electron chi connectivity index (χ4n) is 15.1. The number of urea groups is 1. The maximum Gasteiger partial charge on any atom is 0.410 e. The molecule has 102 heavy (non-hydrogen) atoms. The predicted octanol–water partition coefficient (Wildman–Crippen LogP) is 12.0. The number of carbonyl (C=O) groups excluding carboxylic acids is 12. The van der Waals surface area contributed by atoms with Gasteiger partial charge in [-0.15, -0.1) is 11.8 Å². The molecule has 0 radical (unpaired) electrons. The summed E-state index contributed by atoms with van der Waals surface area (Å²) in [5.74, 6) is -6.34. The molecule has 22 nitrogen and oxygen atoms in total. The first-order valence-corrected chi connectivity index (χ1v) is 38.6. The topological polar surface area (TPSA) is 313 Å². The molecule has 1 saturated heterocycles. The van der Waals surface area contributed by atoms with E-state index in [2.05, 4.69) is 49.0 Å². The highest BCUT2D eigenvalue weighted by atomic mass is 32.2. The van der Waals surface area contributed by atoms with Gasteiger partial charge in [-0.05, 0) is 115 Å². The Hall–Kier alpha value is -7.01. The maximum absolute atomic E-state index is 15.1. The number of benzene rings is 2. The summed E-state index contributed by atoms with van der Waals surface area (Å²) in [7, 11) is 4.35. The van der Waals surface area contributed by atoms with Gasteiger partial charge in [-0.3, -0.25) is 48.1 Å². The second-order valence-corrected chi connectivity index (χ2v) is 30.9. The third-order valence-corrected chi connectivity index (χ3v) is 22.4. The van der Waals surface area contributed by atoms with Crippen LogP contribution in [-0.4, -0.2) is 150 Å². The van der Waals surface area contributed by atoms with Crippen molar-refractivity contribution in [2.45, 2.75) is 241 Å². The zero-order chi connectivity index (χ0) is 75.9. The smallest absolute Gasteiger partial charge is 0.410 e. The average Bonchev–Trinajstić information content (AvgIpc) is 1.16. The van der Waals surface area contributed by atoms with Crippen molar-refractivity contribution in [3.8, 4) is 0 Å². The lowest BCUT2D eigenvalue weighted by molar-refractivity contribution is -0.146. The van der Waals surface area contributed by atoms with Crippen LogP contribution in [0.2, 0.25) is 0 Å². The van der Waals surface area contributed by atoms with Gasteiger partial charge in [-0.25, -0.2) is 14.4 Å². The number of unbranched alkanes of at least 4 members (excludes halogenated alkanes) is 4. The van der Waals surface area contributed by atoms with E-state index in [0.29, 0.717) is 62.7 Å². The standard InChI is InChI=1S/C79H123N7O15S/c1-16-19-26-41-102-66-46-68(91)86(76(66)95)40-25-21-24-34-67(90)84-70(49(6)7)64(88)44-57(31-28-39-81-78(80)97)75(94)82-58-37-35-55(36-38-58)47-101-79(98)85(13)71(50(8)9)65(89)45-61(48(4)5)72(92)52(11)69(51(10)17-2)56(18-3)43-63(87)59-32-27-33-60(59)73(99-14)53(12)74(93)83-62(77(96)100-15)42-54-29-22-20-23-30-54/h20,22-23,29-30,35-38,48-53,56-57,59-62,66,69-71,73H,16-19,21,24-28,31-34,39-47H2,1-15H3,(H,82,94)(H,83,93)(H,84,90)(H3,80,81,97)/t51?,52?,53?,56?,57?,59?,60?,61?,62?,66?,69?,70-,71?,73?/m0/s1. The number of Topliss-reactive ketones (excluding diaryl/α,β-unsaturated/α-hetero) is 4. The molecule has 2 aliphatic rings. The fourth-order valence-corrected chi connectivity index (χ4v) is 16.3. The van der Waals surface area contributed by atoms with Crippen LogP contribution in [0.3, 0.4) is 0 Å². The molecule has 1 saturated carbocycles. The molecule has 13 unspecified atom stereocenters. The Morgan fingerprint density at radius 2 is 1.40 bits per heavy atom. The van der Waals surface area contributed by atoms with Gasteiger partial charge in [0, 0.05) is 95.1 Å². The van der Waals surface area contributed by atoms with Gasteiger partial charge < -0.3 is 46.1 Å². The first-order chi connectivity index (χ1) is 48.4. The van der Waals surface area contributed by atoms with E-state index in [1.807, 2.05) is 78.8 Å². The number of anilines is 1. The summed E-state index contributed by atoms with van der Waals surface area (Å²) in [6.07, 6.45) is 8.02. The number of carbonyl (C=O) groups is 12. The highest BCUT2D eigenvalue weighted by molar-refractivity contribution is 8.00. The van der Waals surface area contributed by atoms with E-state index < -0.39 is 71.9 Å². The number of imide groups is 1. The number of ketones is 4. The molecule has 2 fully saturated rings. The molecule has 8 amide bonds. The second kappa shape index (κ2) is 44.6. The number of nitrogens with one attached hydrogen (secondary N) is 4. The molecule has 1 heterocycles. The van der Waals surface area contributed by atoms with Gasteiger partial charge in [-0.1, -0.05) is 164 Å². The molecule has 23 heteroatoms.